The topological polar surface area (TPSA) is 88.7 Å². The number of aryl methyl sites for hydroxylation is 1. The fourth-order valence-corrected chi connectivity index (χ4v) is 4.86. The maximum absolute atomic E-state index is 12.7. The molecule has 3 rings (SSSR count). The number of halogens is 1. The van der Waals surface area contributed by atoms with Crippen molar-refractivity contribution in [3.8, 4) is 0 Å². The number of nitrogens with zero attached hydrogens (tertiary/aromatic N) is 4. The van der Waals surface area contributed by atoms with Crippen molar-refractivity contribution in [1.29, 1.82) is 0 Å². The van der Waals surface area contributed by atoms with E-state index in [-0.39, 0.29) is 23.0 Å². The molecule has 10 heteroatoms. The highest BCUT2D eigenvalue weighted by atomic mass is 79.9. The molecule has 3 aromatic rings. The highest BCUT2D eigenvalue weighted by Gasteiger charge is 2.25. The van der Waals surface area contributed by atoms with Gasteiger partial charge >= 0.3 is 0 Å². The van der Waals surface area contributed by atoms with Gasteiger partial charge in [0.15, 0.2) is 0 Å². The van der Waals surface area contributed by atoms with Crippen LogP contribution in [0.15, 0.2) is 46.2 Å². The molecular formula is C18H22BrN5O3S. The smallest absolute Gasteiger partial charge is 0.268 e. The minimum atomic E-state index is -3.61. The van der Waals surface area contributed by atoms with Crippen LogP contribution < -0.4 is 5.32 Å². The maximum Gasteiger partial charge on any atom is 0.268 e. The Bertz CT molecular complexity index is 1120. The lowest BCUT2D eigenvalue weighted by Crippen LogP contribution is -2.30. The van der Waals surface area contributed by atoms with Crippen LogP contribution in [0.4, 0.5) is 0 Å². The van der Waals surface area contributed by atoms with E-state index in [4.69, 9.17) is 0 Å². The Morgan fingerprint density at radius 1 is 1.21 bits per heavy atom. The molecular weight excluding hydrogens is 446 g/mol. The van der Waals surface area contributed by atoms with E-state index in [1.54, 1.807) is 20.9 Å². The van der Waals surface area contributed by atoms with Crippen molar-refractivity contribution < 1.29 is 13.2 Å². The molecule has 0 unspecified atom stereocenters. The normalized spacial score (nSPS) is 12.0. The van der Waals surface area contributed by atoms with Crippen LogP contribution in [0.1, 0.15) is 30.0 Å². The van der Waals surface area contributed by atoms with Crippen LogP contribution in [-0.2, 0) is 23.6 Å². The van der Waals surface area contributed by atoms with E-state index >= 15 is 0 Å². The molecule has 8 nitrogen and oxygen atoms in total. The van der Waals surface area contributed by atoms with Gasteiger partial charge < -0.3 is 14.3 Å². The third-order valence-corrected chi connectivity index (χ3v) is 6.93. The molecule has 1 amide bonds. The summed E-state index contributed by atoms with van der Waals surface area (Å²) in [4.78, 5) is 17.1. The highest BCUT2D eigenvalue weighted by molar-refractivity contribution is 9.10. The Morgan fingerprint density at radius 3 is 2.61 bits per heavy atom. The van der Waals surface area contributed by atoms with Gasteiger partial charge in [-0.1, -0.05) is 13.8 Å². The van der Waals surface area contributed by atoms with Crippen molar-refractivity contribution in [2.45, 2.75) is 25.3 Å². The quantitative estimate of drug-likeness (QED) is 0.577. The molecule has 0 saturated heterocycles. The van der Waals surface area contributed by atoms with Crippen molar-refractivity contribution in [3.63, 3.8) is 0 Å². The predicted octanol–water partition coefficient (Wildman–Crippen LogP) is 2.40. The standard InChI is InChI=1S/C18H22BrN5O3S/c1-4-24(5-2)28(26,27)15-8-16(22(3)12-15)18(25)20-9-14-11-23-10-13(19)6-7-17(23)21-14/h6-8,10-12H,4-5,9H2,1-3H3,(H,20,25). The van der Waals surface area contributed by atoms with Crippen LogP contribution in [0.25, 0.3) is 5.65 Å². The van der Waals surface area contributed by atoms with Gasteiger partial charge in [-0.3, -0.25) is 4.79 Å². The number of hydrogen-bond acceptors (Lipinski definition) is 4. The molecule has 0 saturated carbocycles. The zero-order chi connectivity index (χ0) is 20.5. The Kier molecular flexibility index (Phi) is 5.92. The van der Waals surface area contributed by atoms with E-state index < -0.39 is 10.0 Å². The predicted molar refractivity (Wildman–Crippen MR) is 110 cm³/mol. The van der Waals surface area contributed by atoms with Gasteiger partial charge in [-0.15, -0.1) is 0 Å². The summed E-state index contributed by atoms with van der Waals surface area (Å²) in [6.45, 7) is 4.55. The van der Waals surface area contributed by atoms with Crippen molar-refractivity contribution in [1.82, 2.24) is 23.6 Å². The molecule has 0 aliphatic rings. The zero-order valence-electron chi connectivity index (χ0n) is 15.9. The Morgan fingerprint density at radius 2 is 1.93 bits per heavy atom. The summed E-state index contributed by atoms with van der Waals surface area (Å²) in [6, 6.07) is 5.17. The molecule has 150 valence electrons. The minimum Gasteiger partial charge on any atom is -0.345 e. The van der Waals surface area contributed by atoms with Gasteiger partial charge in [0.2, 0.25) is 10.0 Å². The number of fused-ring (bicyclic) bond motifs is 1. The summed E-state index contributed by atoms with van der Waals surface area (Å²) in [5.41, 5.74) is 1.76. The molecule has 0 spiro atoms. The van der Waals surface area contributed by atoms with E-state index in [1.165, 1.54) is 21.1 Å². The van der Waals surface area contributed by atoms with Crippen LogP contribution in [0.5, 0.6) is 0 Å². The Hall–Kier alpha value is -2.17. The first-order valence-electron chi connectivity index (χ1n) is 8.84. The first-order chi connectivity index (χ1) is 13.3. The molecule has 0 aliphatic carbocycles. The number of pyridine rings is 1. The highest BCUT2D eigenvalue weighted by Crippen LogP contribution is 2.18. The third kappa shape index (κ3) is 3.98. The number of carbonyl (C=O) groups excluding carboxylic acids is 1. The summed E-state index contributed by atoms with van der Waals surface area (Å²) in [6.07, 6.45) is 5.18. The Labute approximate surface area is 172 Å². The summed E-state index contributed by atoms with van der Waals surface area (Å²) in [7, 11) is -1.96. The average Bonchev–Trinajstić information content (AvgIpc) is 3.23. The van der Waals surface area contributed by atoms with Gasteiger partial charge in [-0.25, -0.2) is 13.4 Å². The van der Waals surface area contributed by atoms with Gasteiger partial charge in [0, 0.05) is 43.2 Å². The number of nitrogens with one attached hydrogen (secondary N) is 1. The molecule has 0 aromatic carbocycles. The first-order valence-corrected chi connectivity index (χ1v) is 11.1. The van der Waals surface area contributed by atoms with Crippen LogP contribution in [-0.4, -0.2) is 45.7 Å². The zero-order valence-corrected chi connectivity index (χ0v) is 18.3. The monoisotopic (exact) mass is 467 g/mol. The molecule has 0 radical (unpaired) electrons. The Balaban J connectivity index is 1.76. The minimum absolute atomic E-state index is 0.112. The van der Waals surface area contributed by atoms with E-state index in [9.17, 15) is 13.2 Å². The van der Waals surface area contributed by atoms with Crippen LogP contribution >= 0.6 is 15.9 Å². The van der Waals surface area contributed by atoms with Gasteiger partial charge in [-0.2, -0.15) is 4.31 Å². The number of hydrogen-bond donors (Lipinski definition) is 1. The number of carbonyl (C=O) groups is 1. The summed E-state index contributed by atoms with van der Waals surface area (Å²) < 4.78 is 31.0. The SMILES string of the molecule is CCN(CC)S(=O)(=O)c1cc(C(=O)NCc2cn3cc(Br)ccc3n2)n(C)c1. The van der Waals surface area contributed by atoms with Gasteiger partial charge in [0.25, 0.3) is 5.91 Å². The van der Waals surface area contributed by atoms with Crippen molar-refractivity contribution in [3.05, 3.63) is 52.7 Å². The van der Waals surface area contributed by atoms with Crippen LogP contribution in [0.3, 0.4) is 0 Å². The van der Waals surface area contributed by atoms with Crippen LogP contribution in [0.2, 0.25) is 0 Å². The first kappa shape index (κ1) is 20.6. The average molecular weight is 468 g/mol. The number of aromatic nitrogens is 3. The third-order valence-electron chi connectivity index (χ3n) is 4.45. The number of sulfonamides is 1. The lowest BCUT2D eigenvalue weighted by atomic mass is 10.4. The van der Waals surface area contributed by atoms with Gasteiger partial charge in [0.1, 0.15) is 16.2 Å². The second-order valence-electron chi connectivity index (χ2n) is 6.29. The molecule has 0 fully saturated rings. The van der Waals surface area contributed by atoms with Crippen LogP contribution in [0, 0.1) is 0 Å². The van der Waals surface area contributed by atoms with E-state index in [0.717, 1.165) is 10.1 Å². The number of imidazole rings is 1. The largest absolute Gasteiger partial charge is 0.345 e. The van der Waals surface area contributed by atoms with Crippen molar-refractivity contribution in [2.24, 2.45) is 7.05 Å². The number of rotatable bonds is 7. The molecule has 3 aromatic heterocycles. The summed E-state index contributed by atoms with van der Waals surface area (Å²) in [5.74, 6) is -0.360. The number of amides is 1. The molecule has 1 N–H and O–H groups in total. The molecule has 3 heterocycles. The molecule has 0 aliphatic heterocycles. The lowest BCUT2D eigenvalue weighted by molar-refractivity contribution is 0.0942. The lowest BCUT2D eigenvalue weighted by Gasteiger charge is -2.17. The fraction of sp³-hybridized carbons (Fsp3) is 0.333. The fourth-order valence-electron chi connectivity index (χ4n) is 2.98. The van der Waals surface area contributed by atoms with Crippen molar-refractivity contribution in [2.75, 3.05) is 13.1 Å². The molecule has 28 heavy (non-hydrogen) atoms. The maximum atomic E-state index is 12.7. The second-order valence-corrected chi connectivity index (χ2v) is 9.14. The summed E-state index contributed by atoms with van der Waals surface area (Å²) in [5, 5.41) is 2.80. The second kappa shape index (κ2) is 8.06. The van der Waals surface area contributed by atoms with Gasteiger partial charge in [0.05, 0.1) is 12.2 Å². The van der Waals surface area contributed by atoms with E-state index in [1.807, 2.05) is 28.9 Å². The van der Waals surface area contributed by atoms with E-state index in [0.29, 0.717) is 18.8 Å². The summed E-state index contributed by atoms with van der Waals surface area (Å²) >= 11 is 3.41. The van der Waals surface area contributed by atoms with Gasteiger partial charge in [-0.05, 0) is 34.1 Å². The van der Waals surface area contributed by atoms with E-state index in [2.05, 4.69) is 26.2 Å². The van der Waals surface area contributed by atoms with Crippen molar-refractivity contribution >= 4 is 37.5 Å². The molecule has 0 atom stereocenters. The molecule has 0 bridgehead atoms.